The van der Waals surface area contributed by atoms with Crippen molar-refractivity contribution in [3.05, 3.63) is 0 Å². The molecule has 0 saturated carbocycles. The van der Waals surface area contributed by atoms with E-state index in [2.05, 4.69) is 52.5 Å². The Kier molecular flexibility index (Phi) is 6.57. The van der Waals surface area contributed by atoms with E-state index in [0.29, 0.717) is 16.0 Å². The van der Waals surface area contributed by atoms with Crippen LogP contribution in [-0.2, 0) is 4.74 Å². The fourth-order valence-electron chi connectivity index (χ4n) is 0.438. The van der Waals surface area contributed by atoms with Gasteiger partial charge in [-0.2, -0.15) is 0 Å². The third-order valence-electron chi connectivity index (χ3n) is 1.35. The molecule has 0 spiro atoms. The molecule has 0 aromatic heterocycles. The number of carboxylic acid groups (broad SMARTS) is 1. The van der Waals surface area contributed by atoms with Gasteiger partial charge in [0.05, 0.1) is 0 Å². The second-order valence-corrected chi connectivity index (χ2v) is 4.14. The van der Waals surface area contributed by atoms with Gasteiger partial charge in [-0.15, -0.1) is 0 Å². The Labute approximate surface area is 96.2 Å². The van der Waals surface area contributed by atoms with Crippen LogP contribution in [0.4, 0.5) is 4.79 Å². The number of hydrogen-bond acceptors (Lipinski definition) is 2. The third-order valence-corrected chi connectivity index (χ3v) is 4.92. The molecule has 72 valence electrons. The zero-order valence-corrected chi connectivity index (χ0v) is 11.0. The molecule has 0 radical (unpaired) electrons. The van der Waals surface area contributed by atoms with Crippen molar-refractivity contribution in [3.8, 4) is 0 Å². The van der Waals surface area contributed by atoms with Gasteiger partial charge in [0, 0.05) is 21.4 Å². The maximum atomic E-state index is 10.1. The molecule has 0 unspecified atom stereocenters. The maximum Gasteiger partial charge on any atom is 0.505 e. The van der Waals surface area contributed by atoms with Crippen molar-refractivity contribution in [1.82, 2.24) is 0 Å². The molecular formula is C6H9Br3O3. The molecule has 0 saturated heterocycles. The first-order valence-corrected chi connectivity index (χ1v) is 6.50. The zero-order chi connectivity index (χ0) is 9.61. The van der Waals surface area contributed by atoms with E-state index in [-0.39, 0.29) is 12.0 Å². The lowest BCUT2D eigenvalue weighted by molar-refractivity contribution is 0.0665. The van der Waals surface area contributed by atoms with Crippen molar-refractivity contribution >= 4 is 53.9 Å². The summed E-state index contributed by atoms with van der Waals surface area (Å²) in [5.74, 6) is 0. The molecule has 0 heterocycles. The quantitative estimate of drug-likeness (QED) is 0.599. The van der Waals surface area contributed by atoms with Gasteiger partial charge in [-0.25, -0.2) is 4.79 Å². The van der Waals surface area contributed by atoms with Crippen LogP contribution in [0.15, 0.2) is 0 Å². The highest BCUT2D eigenvalue weighted by atomic mass is 79.9. The average molecular weight is 369 g/mol. The van der Waals surface area contributed by atoms with Gasteiger partial charge in [0.25, 0.3) is 0 Å². The number of carbonyl (C=O) groups is 1. The highest BCUT2D eigenvalue weighted by Gasteiger charge is 2.28. The van der Waals surface area contributed by atoms with Gasteiger partial charge < -0.3 is 9.84 Å². The average Bonchev–Trinajstić information content (AvgIpc) is 2.08. The molecule has 0 fully saturated rings. The van der Waals surface area contributed by atoms with E-state index in [0.717, 1.165) is 0 Å². The molecule has 0 atom stereocenters. The largest absolute Gasteiger partial charge is 0.505 e. The summed E-state index contributed by atoms with van der Waals surface area (Å²) in [4.78, 5) is 10.1. The number of halogens is 3. The first kappa shape index (κ1) is 12.7. The van der Waals surface area contributed by atoms with Crippen LogP contribution in [0.1, 0.15) is 0 Å². The Balaban J connectivity index is 4.01. The van der Waals surface area contributed by atoms with Gasteiger partial charge in [-0.3, -0.25) is 0 Å². The molecule has 12 heavy (non-hydrogen) atoms. The third kappa shape index (κ3) is 4.09. The van der Waals surface area contributed by atoms with Crippen LogP contribution in [-0.4, -0.2) is 33.9 Å². The second kappa shape index (κ2) is 6.21. The van der Waals surface area contributed by atoms with E-state index >= 15 is 0 Å². The van der Waals surface area contributed by atoms with Gasteiger partial charge in [-0.1, -0.05) is 47.8 Å². The predicted octanol–water partition coefficient (Wildman–Crippen LogP) is 2.85. The van der Waals surface area contributed by atoms with E-state index in [1.165, 1.54) is 0 Å². The minimum absolute atomic E-state index is 0.185. The summed E-state index contributed by atoms with van der Waals surface area (Å²) in [6.07, 6.45) is -1.23. The van der Waals surface area contributed by atoms with Crippen molar-refractivity contribution in [2.24, 2.45) is 5.41 Å². The molecule has 6 heteroatoms. The molecule has 0 aliphatic rings. The minimum atomic E-state index is -1.23. The van der Waals surface area contributed by atoms with Crippen molar-refractivity contribution in [2.75, 3.05) is 22.6 Å². The molecule has 0 amide bonds. The Morgan fingerprint density at radius 1 is 1.25 bits per heavy atom. The van der Waals surface area contributed by atoms with Crippen molar-refractivity contribution in [1.29, 1.82) is 0 Å². The van der Waals surface area contributed by atoms with Gasteiger partial charge >= 0.3 is 6.16 Å². The predicted molar refractivity (Wildman–Crippen MR) is 57.8 cm³/mol. The van der Waals surface area contributed by atoms with Gasteiger partial charge in [0.1, 0.15) is 6.61 Å². The Bertz CT molecular complexity index is 139. The lowest BCUT2D eigenvalue weighted by Crippen LogP contribution is -2.33. The first-order valence-electron chi connectivity index (χ1n) is 3.14. The van der Waals surface area contributed by atoms with Crippen LogP contribution in [0.5, 0.6) is 0 Å². The van der Waals surface area contributed by atoms with Gasteiger partial charge in [0.2, 0.25) is 0 Å². The fourth-order valence-corrected chi connectivity index (χ4v) is 3.71. The van der Waals surface area contributed by atoms with Gasteiger partial charge in [0.15, 0.2) is 0 Å². The molecule has 0 rings (SSSR count). The van der Waals surface area contributed by atoms with Crippen LogP contribution in [0, 0.1) is 5.41 Å². The Hall–Kier alpha value is 0.710. The van der Waals surface area contributed by atoms with Crippen molar-refractivity contribution in [3.63, 3.8) is 0 Å². The summed E-state index contributed by atoms with van der Waals surface area (Å²) < 4.78 is 4.51. The topological polar surface area (TPSA) is 46.5 Å². The standard InChI is InChI=1S/C6H9Br3O3/c7-1-6(2-8,3-9)4-12-5(10)11/h1-4H2,(H,10,11). The van der Waals surface area contributed by atoms with Crippen LogP contribution in [0.25, 0.3) is 0 Å². The summed E-state index contributed by atoms with van der Waals surface area (Å²) in [6, 6.07) is 0. The van der Waals surface area contributed by atoms with Crippen molar-refractivity contribution in [2.45, 2.75) is 0 Å². The van der Waals surface area contributed by atoms with Crippen LogP contribution in [0.3, 0.4) is 0 Å². The molecular weight excluding hydrogens is 360 g/mol. The summed E-state index contributed by atoms with van der Waals surface area (Å²) in [5.41, 5.74) is -0.196. The number of rotatable bonds is 5. The minimum Gasteiger partial charge on any atom is -0.450 e. The molecule has 0 bridgehead atoms. The van der Waals surface area contributed by atoms with Crippen LogP contribution >= 0.6 is 47.8 Å². The highest BCUT2D eigenvalue weighted by molar-refractivity contribution is 9.10. The van der Waals surface area contributed by atoms with E-state index in [9.17, 15) is 4.79 Å². The zero-order valence-electron chi connectivity index (χ0n) is 6.23. The maximum absolute atomic E-state index is 10.1. The molecule has 1 N–H and O–H groups in total. The van der Waals surface area contributed by atoms with Crippen molar-refractivity contribution < 1.29 is 14.6 Å². The normalized spacial score (nSPS) is 11.2. The first-order chi connectivity index (χ1) is 5.60. The molecule has 3 nitrogen and oxygen atoms in total. The second-order valence-electron chi connectivity index (χ2n) is 2.46. The number of hydrogen-bond donors (Lipinski definition) is 1. The van der Waals surface area contributed by atoms with E-state index < -0.39 is 6.16 Å². The molecule has 0 aliphatic heterocycles. The summed E-state index contributed by atoms with van der Waals surface area (Å²) >= 11 is 9.93. The Morgan fingerprint density at radius 2 is 1.67 bits per heavy atom. The van der Waals surface area contributed by atoms with E-state index in [4.69, 9.17) is 5.11 Å². The smallest absolute Gasteiger partial charge is 0.450 e. The Morgan fingerprint density at radius 3 is 1.92 bits per heavy atom. The number of ether oxygens (including phenoxy) is 1. The summed E-state index contributed by atoms with van der Waals surface area (Å²) in [5, 5.41) is 10.3. The summed E-state index contributed by atoms with van der Waals surface area (Å²) in [7, 11) is 0. The summed E-state index contributed by atoms with van der Waals surface area (Å²) in [6.45, 7) is 0.185. The van der Waals surface area contributed by atoms with E-state index in [1.807, 2.05) is 0 Å². The SMILES string of the molecule is O=C(O)OCC(CBr)(CBr)CBr. The van der Waals surface area contributed by atoms with Gasteiger partial charge in [-0.05, 0) is 0 Å². The van der Waals surface area contributed by atoms with Crippen LogP contribution in [0.2, 0.25) is 0 Å². The monoisotopic (exact) mass is 366 g/mol. The highest BCUT2D eigenvalue weighted by Crippen LogP contribution is 2.26. The lowest BCUT2D eigenvalue weighted by atomic mass is 9.98. The van der Waals surface area contributed by atoms with Crippen LogP contribution < -0.4 is 0 Å². The van der Waals surface area contributed by atoms with E-state index in [1.54, 1.807) is 0 Å². The molecule has 0 aliphatic carbocycles. The fraction of sp³-hybridized carbons (Fsp3) is 0.833. The number of alkyl halides is 3. The lowest BCUT2D eigenvalue weighted by Gasteiger charge is -2.25. The molecule has 0 aromatic rings. The molecule has 0 aromatic carbocycles.